The molecular formula is C14H27N3O3. The second-order valence-corrected chi connectivity index (χ2v) is 4.68. The Bertz CT molecular complexity index is 344. The van der Waals surface area contributed by atoms with Crippen LogP contribution in [0.4, 0.5) is 0 Å². The lowest BCUT2D eigenvalue weighted by atomic mass is 10.3. The summed E-state index contributed by atoms with van der Waals surface area (Å²) in [4.78, 5) is 2.29. The van der Waals surface area contributed by atoms with Gasteiger partial charge in [0.25, 0.3) is 0 Å². The zero-order valence-corrected chi connectivity index (χ0v) is 12.9. The molecule has 1 aromatic rings. The van der Waals surface area contributed by atoms with E-state index in [0.29, 0.717) is 6.61 Å². The van der Waals surface area contributed by atoms with Crippen molar-refractivity contribution in [1.82, 2.24) is 15.4 Å². The summed E-state index contributed by atoms with van der Waals surface area (Å²) >= 11 is 0. The summed E-state index contributed by atoms with van der Waals surface area (Å²) in [6.45, 7) is 7.83. The second-order valence-electron chi connectivity index (χ2n) is 4.68. The van der Waals surface area contributed by atoms with Gasteiger partial charge in [0.05, 0.1) is 18.8 Å². The first-order valence-electron chi connectivity index (χ1n) is 7.15. The van der Waals surface area contributed by atoms with Gasteiger partial charge < -0.3 is 19.3 Å². The molecule has 1 heterocycles. The van der Waals surface area contributed by atoms with Crippen LogP contribution in [0.3, 0.4) is 0 Å². The molecule has 0 aromatic carbocycles. The maximum atomic E-state index is 5.37. The van der Waals surface area contributed by atoms with Crippen LogP contribution in [0.1, 0.15) is 24.8 Å². The number of nitrogens with one attached hydrogen (secondary N) is 1. The van der Waals surface area contributed by atoms with Gasteiger partial charge in [0, 0.05) is 46.5 Å². The zero-order chi connectivity index (χ0) is 14.6. The van der Waals surface area contributed by atoms with Crippen LogP contribution in [-0.2, 0) is 22.6 Å². The van der Waals surface area contributed by atoms with Crippen molar-refractivity contribution in [3.05, 3.63) is 17.5 Å². The molecule has 1 N–H and O–H groups in total. The third kappa shape index (κ3) is 7.00. The average molecular weight is 285 g/mol. The maximum Gasteiger partial charge on any atom is 0.151 e. The van der Waals surface area contributed by atoms with Gasteiger partial charge >= 0.3 is 0 Å². The van der Waals surface area contributed by atoms with Crippen LogP contribution in [0.2, 0.25) is 0 Å². The van der Waals surface area contributed by atoms with E-state index in [1.807, 2.05) is 6.07 Å². The highest BCUT2D eigenvalue weighted by Gasteiger charge is 2.10. The lowest BCUT2D eigenvalue weighted by molar-refractivity contribution is 0.123. The minimum Gasteiger partial charge on any atom is -0.385 e. The van der Waals surface area contributed by atoms with Crippen molar-refractivity contribution in [3.8, 4) is 0 Å². The van der Waals surface area contributed by atoms with Crippen LogP contribution in [0.15, 0.2) is 10.6 Å². The summed E-state index contributed by atoms with van der Waals surface area (Å²) in [5, 5.41) is 7.30. The fraction of sp³-hybridized carbons (Fsp3) is 0.786. The van der Waals surface area contributed by atoms with E-state index >= 15 is 0 Å². The van der Waals surface area contributed by atoms with E-state index in [0.717, 1.165) is 57.2 Å². The first kappa shape index (κ1) is 17.1. The quantitative estimate of drug-likeness (QED) is 0.584. The predicted octanol–water partition coefficient (Wildman–Crippen LogP) is 1.27. The maximum absolute atomic E-state index is 5.37. The van der Waals surface area contributed by atoms with E-state index in [1.165, 1.54) is 0 Å². The van der Waals surface area contributed by atoms with Crippen LogP contribution in [0.25, 0.3) is 0 Å². The molecule has 1 rings (SSSR count). The van der Waals surface area contributed by atoms with Gasteiger partial charge in [-0.05, 0) is 13.0 Å². The largest absolute Gasteiger partial charge is 0.385 e. The first-order valence-corrected chi connectivity index (χ1v) is 7.15. The van der Waals surface area contributed by atoms with Gasteiger partial charge in [-0.15, -0.1) is 0 Å². The van der Waals surface area contributed by atoms with Crippen LogP contribution in [0.5, 0.6) is 0 Å². The predicted molar refractivity (Wildman–Crippen MR) is 77.5 cm³/mol. The standard InChI is InChI=1S/C14H27N3O3/c1-4-15-11-13-10-14(20-16-13)12-17(7-9-19-3)6-5-8-18-2/h10,15H,4-9,11-12H2,1-3H3. The fourth-order valence-corrected chi connectivity index (χ4v) is 1.91. The summed E-state index contributed by atoms with van der Waals surface area (Å²) in [6, 6.07) is 2.01. The van der Waals surface area contributed by atoms with Crippen molar-refractivity contribution < 1.29 is 14.0 Å². The molecule has 0 amide bonds. The molecular weight excluding hydrogens is 258 g/mol. The number of hydrogen-bond acceptors (Lipinski definition) is 6. The minimum atomic E-state index is 0.714. The molecule has 6 nitrogen and oxygen atoms in total. The number of hydrogen-bond donors (Lipinski definition) is 1. The third-order valence-corrected chi connectivity index (χ3v) is 2.98. The minimum absolute atomic E-state index is 0.714. The van der Waals surface area contributed by atoms with Crippen molar-refractivity contribution in [1.29, 1.82) is 0 Å². The van der Waals surface area contributed by atoms with Crippen LogP contribution in [0, 0.1) is 0 Å². The highest BCUT2D eigenvalue weighted by Crippen LogP contribution is 2.08. The van der Waals surface area contributed by atoms with Crippen LogP contribution in [-0.4, -0.2) is 57.1 Å². The number of ether oxygens (including phenoxy) is 2. The zero-order valence-electron chi connectivity index (χ0n) is 12.9. The van der Waals surface area contributed by atoms with Crippen molar-refractivity contribution in [3.63, 3.8) is 0 Å². The van der Waals surface area contributed by atoms with E-state index in [9.17, 15) is 0 Å². The summed E-state index contributed by atoms with van der Waals surface area (Å²) in [7, 11) is 3.44. The van der Waals surface area contributed by atoms with Crippen LogP contribution >= 0.6 is 0 Å². The molecule has 0 fully saturated rings. The molecule has 0 bridgehead atoms. The van der Waals surface area contributed by atoms with E-state index in [4.69, 9.17) is 14.0 Å². The van der Waals surface area contributed by atoms with Gasteiger partial charge in [-0.2, -0.15) is 0 Å². The monoisotopic (exact) mass is 285 g/mol. The Kier molecular flexibility index (Phi) is 9.23. The topological polar surface area (TPSA) is 59.8 Å². The first-order chi connectivity index (χ1) is 9.80. The van der Waals surface area contributed by atoms with Crippen molar-refractivity contribution in [2.24, 2.45) is 0 Å². The normalized spacial score (nSPS) is 11.4. The molecule has 0 radical (unpaired) electrons. The Labute approximate surface area is 121 Å². The van der Waals surface area contributed by atoms with Gasteiger partial charge in [0.1, 0.15) is 0 Å². The van der Waals surface area contributed by atoms with Gasteiger partial charge in [-0.1, -0.05) is 12.1 Å². The summed E-state index contributed by atoms with van der Waals surface area (Å²) < 4.78 is 15.6. The number of aromatic nitrogens is 1. The highest BCUT2D eigenvalue weighted by atomic mass is 16.5. The van der Waals surface area contributed by atoms with Crippen molar-refractivity contribution in [2.45, 2.75) is 26.4 Å². The molecule has 0 aliphatic heterocycles. The SMILES string of the molecule is CCNCc1cc(CN(CCCOC)CCOC)on1. The molecule has 116 valence electrons. The molecule has 0 unspecified atom stereocenters. The Hall–Kier alpha value is -0.950. The highest BCUT2D eigenvalue weighted by molar-refractivity contribution is 5.05. The second kappa shape index (κ2) is 10.8. The Morgan fingerprint density at radius 3 is 2.75 bits per heavy atom. The fourth-order valence-electron chi connectivity index (χ4n) is 1.91. The Morgan fingerprint density at radius 2 is 2.05 bits per heavy atom. The lowest BCUT2D eigenvalue weighted by Crippen LogP contribution is -2.28. The molecule has 0 spiro atoms. The van der Waals surface area contributed by atoms with E-state index in [2.05, 4.69) is 22.3 Å². The lowest BCUT2D eigenvalue weighted by Gasteiger charge is -2.20. The van der Waals surface area contributed by atoms with Gasteiger partial charge in [-0.3, -0.25) is 4.90 Å². The number of nitrogens with zero attached hydrogens (tertiary/aromatic N) is 2. The molecule has 0 aliphatic carbocycles. The van der Waals surface area contributed by atoms with E-state index in [-0.39, 0.29) is 0 Å². The molecule has 0 atom stereocenters. The van der Waals surface area contributed by atoms with Gasteiger partial charge in [0.15, 0.2) is 5.76 Å². The van der Waals surface area contributed by atoms with Gasteiger partial charge in [0.2, 0.25) is 0 Å². The molecule has 6 heteroatoms. The van der Waals surface area contributed by atoms with E-state index in [1.54, 1.807) is 14.2 Å². The number of methoxy groups -OCH3 is 2. The third-order valence-electron chi connectivity index (χ3n) is 2.98. The smallest absolute Gasteiger partial charge is 0.151 e. The molecule has 0 saturated heterocycles. The summed E-state index contributed by atoms with van der Waals surface area (Å²) in [5.41, 5.74) is 0.949. The molecule has 0 aliphatic rings. The van der Waals surface area contributed by atoms with Crippen molar-refractivity contribution >= 4 is 0 Å². The molecule has 20 heavy (non-hydrogen) atoms. The van der Waals surface area contributed by atoms with Crippen LogP contribution < -0.4 is 5.32 Å². The number of rotatable bonds is 12. The summed E-state index contributed by atoms with van der Waals surface area (Å²) in [6.07, 6.45) is 0.999. The van der Waals surface area contributed by atoms with Gasteiger partial charge in [-0.25, -0.2) is 0 Å². The van der Waals surface area contributed by atoms with E-state index < -0.39 is 0 Å². The summed E-state index contributed by atoms with van der Waals surface area (Å²) in [5.74, 6) is 0.895. The Morgan fingerprint density at radius 1 is 1.25 bits per heavy atom. The van der Waals surface area contributed by atoms with Crippen molar-refractivity contribution in [2.75, 3.05) is 47.1 Å². The average Bonchev–Trinajstić information content (AvgIpc) is 2.90. The Balaban J connectivity index is 2.43. The molecule has 0 saturated carbocycles. The molecule has 1 aromatic heterocycles.